The molecule has 1 N–H and O–H groups in total. The molecule has 0 fully saturated rings. The zero-order valence-corrected chi connectivity index (χ0v) is 12.1. The van der Waals surface area contributed by atoms with Crippen LogP contribution >= 0.6 is 11.6 Å². The quantitative estimate of drug-likeness (QED) is 0.782. The first kappa shape index (κ1) is 13.5. The summed E-state index contributed by atoms with van der Waals surface area (Å²) in [4.78, 5) is 20.6. The van der Waals surface area contributed by atoms with E-state index < -0.39 is 0 Å². The summed E-state index contributed by atoms with van der Waals surface area (Å²) in [6.07, 6.45) is 3.24. The average molecular weight is 298 g/mol. The third-order valence-electron chi connectivity index (χ3n) is 3.25. The second-order valence-corrected chi connectivity index (χ2v) is 5.00. The van der Waals surface area contributed by atoms with Crippen molar-refractivity contribution in [1.29, 1.82) is 0 Å². The summed E-state index contributed by atoms with van der Waals surface area (Å²) in [5.41, 5.74) is 2.73. The summed E-state index contributed by atoms with van der Waals surface area (Å²) in [5, 5.41) is 4.37. The number of benzene rings is 1. The predicted molar refractivity (Wildman–Crippen MR) is 83.7 cm³/mol. The van der Waals surface area contributed by atoms with E-state index >= 15 is 0 Å². The van der Waals surface area contributed by atoms with Gasteiger partial charge in [-0.1, -0.05) is 17.7 Å². The highest BCUT2D eigenvalue weighted by molar-refractivity contribution is 6.32. The van der Waals surface area contributed by atoms with Crippen LogP contribution in [0.2, 0.25) is 5.02 Å². The fourth-order valence-corrected chi connectivity index (χ4v) is 2.28. The van der Waals surface area contributed by atoms with Crippen molar-refractivity contribution in [2.24, 2.45) is 0 Å². The van der Waals surface area contributed by atoms with Gasteiger partial charge >= 0.3 is 0 Å². The Morgan fingerprint density at radius 1 is 1.10 bits per heavy atom. The van der Waals surface area contributed by atoms with Crippen molar-refractivity contribution in [3.05, 3.63) is 65.1 Å². The van der Waals surface area contributed by atoms with Crippen molar-refractivity contribution in [2.45, 2.75) is 6.92 Å². The molecule has 0 aliphatic carbocycles. The molecule has 0 unspecified atom stereocenters. The van der Waals surface area contributed by atoms with Gasteiger partial charge in [0, 0.05) is 22.8 Å². The highest BCUT2D eigenvalue weighted by atomic mass is 35.5. The average Bonchev–Trinajstić information content (AvgIpc) is 2.52. The molecule has 21 heavy (non-hydrogen) atoms. The molecule has 0 aliphatic heterocycles. The van der Waals surface area contributed by atoms with E-state index in [1.807, 2.05) is 13.0 Å². The van der Waals surface area contributed by atoms with Gasteiger partial charge in [-0.2, -0.15) is 0 Å². The SMILES string of the molecule is Cc1c(Cl)ccc2c(NC(=O)c3ccccn3)ccnc12. The molecular weight excluding hydrogens is 286 g/mol. The van der Waals surface area contributed by atoms with Crippen LogP contribution in [-0.4, -0.2) is 15.9 Å². The Balaban J connectivity index is 2.02. The zero-order valence-electron chi connectivity index (χ0n) is 11.3. The summed E-state index contributed by atoms with van der Waals surface area (Å²) in [5.74, 6) is -0.254. The van der Waals surface area contributed by atoms with E-state index in [0.29, 0.717) is 16.4 Å². The Labute approximate surface area is 126 Å². The minimum Gasteiger partial charge on any atom is -0.320 e. The van der Waals surface area contributed by atoms with Gasteiger partial charge < -0.3 is 5.32 Å². The monoisotopic (exact) mass is 297 g/mol. The maximum absolute atomic E-state index is 12.2. The van der Waals surface area contributed by atoms with Gasteiger partial charge in [0.15, 0.2) is 0 Å². The predicted octanol–water partition coefficient (Wildman–Crippen LogP) is 3.84. The molecule has 1 amide bonds. The Morgan fingerprint density at radius 3 is 2.71 bits per heavy atom. The molecule has 5 heteroatoms. The molecule has 3 rings (SSSR count). The first-order valence-corrected chi connectivity index (χ1v) is 6.81. The van der Waals surface area contributed by atoms with E-state index in [9.17, 15) is 4.79 Å². The fourth-order valence-electron chi connectivity index (χ4n) is 2.13. The van der Waals surface area contributed by atoms with Crippen LogP contribution in [0.4, 0.5) is 5.69 Å². The third kappa shape index (κ3) is 2.58. The van der Waals surface area contributed by atoms with Crippen LogP contribution in [-0.2, 0) is 0 Å². The number of anilines is 1. The molecule has 104 valence electrons. The lowest BCUT2D eigenvalue weighted by Gasteiger charge is -2.10. The number of pyridine rings is 2. The van der Waals surface area contributed by atoms with Crippen molar-refractivity contribution >= 4 is 34.1 Å². The van der Waals surface area contributed by atoms with Gasteiger partial charge in [-0.3, -0.25) is 14.8 Å². The van der Waals surface area contributed by atoms with E-state index in [1.54, 1.807) is 42.7 Å². The maximum Gasteiger partial charge on any atom is 0.274 e. The second kappa shape index (κ2) is 5.50. The molecule has 2 heterocycles. The van der Waals surface area contributed by atoms with Gasteiger partial charge in [-0.15, -0.1) is 0 Å². The number of fused-ring (bicyclic) bond motifs is 1. The normalized spacial score (nSPS) is 10.6. The number of nitrogens with zero attached hydrogens (tertiary/aromatic N) is 2. The molecule has 0 bridgehead atoms. The van der Waals surface area contributed by atoms with Crippen molar-refractivity contribution in [1.82, 2.24) is 9.97 Å². The summed E-state index contributed by atoms with van der Waals surface area (Å²) in [7, 11) is 0. The Kier molecular flexibility index (Phi) is 3.54. The first-order chi connectivity index (χ1) is 10.2. The van der Waals surface area contributed by atoms with Crippen LogP contribution in [0.1, 0.15) is 16.1 Å². The van der Waals surface area contributed by atoms with Crippen LogP contribution in [0, 0.1) is 6.92 Å². The van der Waals surface area contributed by atoms with E-state index in [2.05, 4.69) is 15.3 Å². The summed E-state index contributed by atoms with van der Waals surface area (Å²) >= 11 is 6.10. The molecule has 0 saturated carbocycles. The number of hydrogen-bond acceptors (Lipinski definition) is 3. The van der Waals surface area contributed by atoms with Crippen LogP contribution in [0.15, 0.2) is 48.8 Å². The van der Waals surface area contributed by atoms with Crippen LogP contribution in [0.3, 0.4) is 0 Å². The van der Waals surface area contributed by atoms with Gasteiger partial charge in [0.25, 0.3) is 5.91 Å². The lowest BCUT2D eigenvalue weighted by molar-refractivity contribution is 0.102. The third-order valence-corrected chi connectivity index (χ3v) is 3.66. The molecule has 4 nitrogen and oxygen atoms in total. The van der Waals surface area contributed by atoms with Gasteiger partial charge in [0.1, 0.15) is 5.69 Å². The highest BCUT2D eigenvalue weighted by Crippen LogP contribution is 2.28. The van der Waals surface area contributed by atoms with Crippen molar-refractivity contribution in [2.75, 3.05) is 5.32 Å². The lowest BCUT2D eigenvalue weighted by Crippen LogP contribution is -2.13. The number of carbonyl (C=O) groups excluding carboxylic acids is 1. The fraction of sp³-hybridized carbons (Fsp3) is 0.0625. The zero-order chi connectivity index (χ0) is 14.8. The number of nitrogens with one attached hydrogen (secondary N) is 1. The molecule has 0 aliphatic rings. The topological polar surface area (TPSA) is 54.9 Å². The largest absolute Gasteiger partial charge is 0.320 e. The van der Waals surface area contributed by atoms with Crippen LogP contribution in [0.5, 0.6) is 0 Å². The van der Waals surface area contributed by atoms with Crippen molar-refractivity contribution in [3.8, 4) is 0 Å². The number of halogens is 1. The van der Waals surface area contributed by atoms with E-state index in [-0.39, 0.29) is 5.91 Å². The van der Waals surface area contributed by atoms with Gasteiger partial charge in [-0.25, -0.2) is 0 Å². The van der Waals surface area contributed by atoms with Crippen LogP contribution < -0.4 is 5.32 Å². The lowest BCUT2D eigenvalue weighted by atomic mass is 10.1. The molecule has 2 aromatic heterocycles. The summed E-state index contributed by atoms with van der Waals surface area (Å²) in [6, 6.07) is 10.6. The standard InChI is InChI=1S/C16H12ClN3O/c1-10-12(17)6-5-11-13(7-9-19-15(10)11)20-16(21)14-4-2-3-8-18-14/h2-9H,1H3,(H,19,20,21). The number of hydrogen-bond donors (Lipinski definition) is 1. The van der Waals surface area contributed by atoms with Crippen LogP contribution in [0.25, 0.3) is 10.9 Å². The van der Waals surface area contributed by atoms with Gasteiger partial charge in [0.2, 0.25) is 0 Å². The smallest absolute Gasteiger partial charge is 0.274 e. The molecule has 1 aromatic carbocycles. The minimum atomic E-state index is -0.254. The number of carbonyl (C=O) groups is 1. The van der Waals surface area contributed by atoms with Crippen molar-refractivity contribution in [3.63, 3.8) is 0 Å². The summed E-state index contributed by atoms with van der Waals surface area (Å²) in [6.45, 7) is 1.90. The molecule has 0 spiro atoms. The van der Waals surface area contributed by atoms with Gasteiger partial charge in [-0.05, 0) is 42.8 Å². The Hall–Kier alpha value is -2.46. The Bertz CT molecular complexity index is 818. The molecule has 0 radical (unpaired) electrons. The minimum absolute atomic E-state index is 0.254. The number of amides is 1. The molecular formula is C16H12ClN3O. The van der Waals surface area contributed by atoms with E-state index in [1.165, 1.54) is 0 Å². The maximum atomic E-state index is 12.2. The van der Waals surface area contributed by atoms with Gasteiger partial charge in [0.05, 0.1) is 11.2 Å². The van der Waals surface area contributed by atoms with E-state index in [4.69, 9.17) is 11.6 Å². The number of aryl methyl sites for hydroxylation is 1. The van der Waals surface area contributed by atoms with E-state index in [0.717, 1.165) is 16.5 Å². The first-order valence-electron chi connectivity index (χ1n) is 6.43. The highest BCUT2D eigenvalue weighted by Gasteiger charge is 2.11. The Morgan fingerprint density at radius 2 is 1.95 bits per heavy atom. The summed E-state index contributed by atoms with van der Waals surface area (Å²) < 4.78 is 0. The molecule has 3 aromatic rings. The second-order valence-electron chi connectivity index (χ2n) is 4.60. The number of rotatable bonds is 2. The number of aromatic nitrogens is 2. The van der Waals surface area contributed by atoms with Crippen molar-refractivity contribution < 1.29 is 4.79 Å². The molecule has 0 saturated heterocycles. The molecule has 0 atom stereocenters.